The zero-order valence-corrected chi connectivity index (χ0v) is 7.21. The SMILES string of the molecule is FCCOc1nccc(Br)n1. The quantitative estimate of drug-likeness (QED) is 0.727. The van der Waals surface area contributed by atoms with Gasteiger partial charge in [-0.3, -0.25) is 0 Å². The minimum Gasteiger partial charge on any atom is -0.461 e. The molecule has 0 aliphatic rings. The molecule has 0 saturated heterocycles. The molecule has 0 bridgehead atoms. The molecule has 1 aromatic heterocycles. The predicted octanol–water partition coefficient (Wildman–Crippen LogP) is 1.59. The van der Waals surface area contributed by atoms with Crippen molar-refractivity contribution >= 4 is 15.9 Å². The number of hydrogen-bond acceptors (Lipinski definition) is 3. The van der Waals surface area contributed by atoms with Gasteiger partial charge in [0.2, 0.25) is 0 Å². The molecule has 5 heteroatoms. The molecule has 0 fully saturated rings. The van der Waals surface area contributed by atoms with Crippen LogP contribution < -0.4 is 4.74 Å². The summed E-state index contributed by atoms with van der Waals surface area (Å²) in [5.74, 6) is 0. The van der Waals surface area contributed by atoms with Gasteiger partial charge >= 0.3 is 6.01 Å². The third kappa shape index (κ3) is 2.80. The van der Waals surface area contributed by atoms with Crippen LogP contribution in [0.1, 0.15) is 0 Å². The number of aromatic nitrogens is 2. The summed E-state index contributed by atoms with van der Waals surface area (Å²) >= 11 is 3.13. The van der Waals surface area contributed by atoms with Gasteiger partial charge in [0.15, 0.2) is 0 Å². The van der Waals surface area contributed by atoms with Crippen molar-refractivity contribution in [3.05, 3.63) is 16.9 Å². The van der Waals surface area contributed by atoms with Gasteiger partial charge in [0, 0.05) is 6.20 Å². The van der Waals surface area contributed by atoms with Crippen LogP contribution in [-0.2, 0) is 0 Å². The largest absolute Gasteiger partial charge is 0.461 e. The summed E-state index contributed by atoms with van der Waals surface area (Å²) in [4.78, 5) is 7.57. The average Bonchev–Trinajstić information content (AvgIpc) is 2.01. The molecule has 11 heavy (non-hydrogen) atoms. The van der Waals surface area contributed by atoms with E-state index in [1.807, 2.05) is 0 Å². The highest BCUT2D eigenvalue weighted by atomic mass is 79.9. The highest BCUT2D eigenvalue weighted by molar-refractivity contribution is 9.10. The number of nitrogens with zero attached hydrogens (tertiary/aromatic N) is 2. The Hall–Kier alpha value is -0.710. The van der Waals surface area contributed by atoms with Crippen LogP contribution in [0.25, 0.3) is 0 Å². The van der Waals surface area contributed by atoms with Gasteiger partial charge in [0.1, 0.15) is 17.9 Å². The van der Waals surface area contributed by atoms with E-state index < -0.39 is 6.67 Å². The Morgan fingerprint density at radius 3 is 3.09 bits per heavy atom. The van der Waals surface area contributed by atoms with Gasteiger partial charge in [-0.15, -0.1) is 0 Å². The Balaban J connectivity index is 2.56. The van der Waals surface area contributed by atoms with E-state index in [4.69, 9.17) is 4.74 Å². The van der Waals surface area contributed by atoms with Crippen LogP contribution in [-0.4, -0.2) is 23.2 Å². The Bertz CT molecular complexity index is 234. The molecule has 0 spiro atoms. The van der Waals surface area contributed by atoms with Crippen molar-refractivity contribution in [1.82, 2.24) is 9.97 Å². The second kappa shape index (κ2) is 4.23. The Labute approximate surface area is 71.7 Å². The maximum Gasteiger partial charge on any atom is 0.317 e. The third-order valence-corrected chi connectivity index (χ3v) is 1.35. The van der Waals surface area contributed by atoms with E-state index in [2.05, 4.69) is 25.9 Å². The number of halogens is 2. The maximum absolute atomic E-state index is 11.6. The van der Waals surface area contributed by atoms with E-state index in [1.54, 1.807) is 6.07 Å². The van der Waals surface area contributed by atoms with E-state index >= 15 is 0 Å². The van der Waals surface area contributed by atoms with E-state index in [9.17, 15) is 4.39 Å². The molecule has 0 amide bonds. The minimum atomic E-state index is -0.532. The second-order valence-corrected chi connectivity index (χ2v) is 2.51. The molecule has 3 nitrogen and oxygen atoms in total. The van der Waals surface area contributed by atoms with Crippen LogP contribution >= 0.6 is 15.9 Å². The smallest absolute Gasteiger partial charge is 0.317 e. The van der Waals surface area contributed by atoms with E-state index in [0.29, 0.717) is 4.60 Å². The van der Waals surface area contributed by atoms with Crippen molar-refractivity contribution in [1.29, 1.82) is 0 Å². The van der Waals surface area contributed by atoms with Crippen LogP contribution in [0.3, 0.4) is 0 Å². The third-order valence-electron chi connectivity index (χ3n) is 0.908. The lowest BCUT2D eigenvalue weighted by Crippen LogP contribution is -2.01. The second-order valence-electron chi connectivity index (χ2n) is 1.70. The van der Waals surface area contributed by atoms with Gasteiger partial charge < -0.3 is 4.74 Å². The van der Waals surface area contributed by atoms with Crippen molar-refractivity contribution in [2.24, 2.45) is 0 Å². The predicted molar refractivity (Wildman–Crippen MR) is 41.2 cm³/mol. The summed E-state index contributed by atoms with van der Waals surface area (Å²) in [5, 5.41) is 0. The van der Waals surface area contributed by atoms with Crippen molar-refractivity contribution < 1.29 is 9.13 Å². The first kappa shape index (κ1) is 8.39. The molecule has 0 saturated carbocycles. The van der Waals surface area contributed by atoms with Crippen LogP contribution in [0.5, 0.6) is 6.01 Å². The topological polar surface area (TPSA) is 35.0 Å². The summed E-state index contributed by atoms with van der Waals surface area (Å²) in [6, 6.07) is 1.86. The van der Waals surface area contributed by atoms with Crippen molar-refractivity contribution in [2.45, 2.75) is 0 Å². The molecule has 0 aliphatic heterocycles. The Morgan fingerprint density at radius 1 is 1.64 bits per heavy atom. The molecule has 0 radical (unpaired) electrons. The molecule has 0 aliphatic carbocycles. The van der Waals surface area contributed by atoms with Gasteiger partial charge in [-0.2, -0.15) is 4.98 Å². The standard InChI is InChI=1S/C6H6BrFN2O/c7-5-1-3-9-6(10-5)11-4-2-8/h1,3H,2,4H2. The number of hydrogen-bond donors (Lipinski definition) is 0. The Morgan fingerprint density at radius 2 is 2.45 bits per heavy atom. The van der Waals surface area contributed by atoms with E-state index in [1.165, 1.54) is 6.20 Å². The molecular weight excluding hydrogens is 215 g/mol. The first-order chi connectivity index (χ1) is 5.33. The van der Waals surface area contributed by atoms with Crippen molar-refractivity contribution in [3.8, 4) is 6.01 Å². The fourth-order valence-corrected chi connectivity index (χ4v) is 0.789. The zero-order valence-electron chi connectivity index (χ0n) is 5.63. The highest BCUT2D eigenvalue weighted by Crippen LogP contribution is 2.07. The highest BCUT2D eigenvalue weighted by Gasteiger charge is 1.96. The molecule has 60 valence electrons. The van der Waals surface area contributed by atoms with Crippen LogP contribution in [0.4, 0.5) is 4.39 Å². The monoisotopic (exact) mass is 220 g/mol. The molecule has 1 heterocycles. The van der Waals surface area contributed by atoms with Gasteiger partial charge in [-0.25, -0.2) is 9.37 Å². The summed E-state index contributed by atoms with van der Waals surface area (Å²) in [7, 11) is 0. The number of alkyl halides is 1. The lowest BCUT2D eigenvalue weighted by molar-refractivity contribution is 0.254. The first-order valence-electron chi connectivity index (χ1n) is 3.00. The van der Waals surface area contributed by atoms with Crippen molar-refractivity contribution in [3.63, 3.8) is 0 Å². The number of ether oxygens (including phenoxy) is 1. The number of rotatable bonds is 3. The zero-order chi connectivity index (χ0) is 8.10. The van der Waals surface area contributed by atoms with Crippen molar-refractivity contribution in [2.75, 3.05) is 13.3 Å². The maximum atomic E-state index is 11.6. The normalized spacial score (nSPS) is 9.64. The van der Waals surface area contributed by atoms with Crippen LogP contribution in [0.2, 0.25) is 0 Å². The first-order valence-corrected chi connectivity index (χ1v) is 3.79. The lowest BCUT2D eigenvalue weighted by atomic mass is 10.7. The van der Waals surface area contributed by atoms with E-state index in [-0.39, 0.29) is 12.6 Å². The summed E-state index contributed by atoms with van der Waals surface area (Å²) < 4.78 is 17.0. The minimum absolute atomic E-state index is 0.00352. The molecule has 1 rings (SSSR count). The Kier molecular flexibility index (Phi) is 3.22. The molecule has 0 aromatic carbocycles. The van der Waals surface area contributed by atoms with Crippen LogP contribution in [0, 0.1) is 0 Å². The van der Waals surface area contributed by atoms with Crippen LogP contribution in [0.15, 0.2) is 16.9 Å². The van der Waals surface area contributed by atoms with Gasteiger partial charge in [0.05, 0.1) is 0 Å². The molecule has 0 unspecified atom stereocenters. The summed E-state index contributed by atoms with van der Waals surface area (Å²) in [6.07, 6.45) is 1.53. The fourth-order valence-electron chi connectivity index (χ4n) is 0.519. The molecular formula is C6H6BrFN2O. The molecule has 1 aromatic rings. The average molecular weight is 221 g/mol. The lowest BCUT2D eigenvalue weighted by Gasteiger charge is -1.99. The molecule has 0 atom stereocenters. The van der Waals surface area contributed by atoms with E-state index in [0.717, 1.165) is 0 Å². The summed E-state index contributed by atoms with van der Waals surface area (Å²) in [5.41, 5.74) is 0. The summed E-state index contributed by atoms with van der Waals surface area (Å²) in [6.45, 7) is -0.535. The van der Waals surface area contributed by atoms with Gasteiger partial charge in [-0.1, -0.05) is 0 Å². The van der Waals surface area contributed by atoms with Gasteiger partial charge in [0.25, 0.3) is 0 Å². The fraction of sp³-hybridized carbons (Fsp3) is 0.333. The van der Waals surface area contributed by atoms with Gasteiger partial charge in [-0.05, 0) is 22.0 Å². The molecule has 0 N–H and O–H groups in total.